The number of hydrogen-bond acceptors (Lipinski definition) is 4. The Labute approximate surface area is 99.3 Å². The van der Waals surface area contributed by atoms with E-state index in [0.717, 1.165) is 0 Å². The van der Waals surface area contributed by atoms with Crippen molar-refractivity contribution in [2.45, 2.75) is 17.9 Å². The molecule has 0 saturated carbocycles. The lowest BCUT2D eigenvalue weighted by Gasteiger charge is -2.12. The van der Waals surface area contributed by atoms with Crippen LogP contribution in [0.1, 0.15) is 6.92 Å². The van der Waals surface area contributed by atoms with E-state index in [1.165, 1.54) is 25.1 Å². The van der Waals surface area contributed by atoms with Crippen molar-refractivity contribution in [3.05, 3.63) is 23.2 Å². The molecular formula is C9H13ClN2O3S. The Hall–Kier alpha value is -0.820. The molecule has 0 saturated heterocycles. The van der Waals surface area contributed by atoms with E-state index in [1.807, 2.05) is 0 Å². The minimum Gasteiger partial charge on any atom is -0.399 e. The van der Waals surface area contributed by atoms with E-state index >= 15 is 0 Å². The summed E-state index contributed by atoms with van der Waals surface area (Å²) in [7, 11) is -3.75. The van der Waals surface area contributed by atoms with Gasteiger partial charge in [0.25, 0.3) is 0 Å². The first-order valence-electron chi connectivity index (χ1n) is 4.55. The fourth-order valence-electron chi connectivity index (χ4n) is 1.09. The quantitative estimate of drug-likeness (QED) is 0.694. The molecule has 16 heavy (non-hydrogen) atoms. The van der Waals surface area contributed by atoms with E-state index in [2.05, 4.69) is 4.72 Å². The number of halogens is 1. The number of aliphatic hydroxyl groups excluding tert-OH is 1. The molecule has 1 aromatic rings. The second kappa shape index (κ2) is 5.01. The van der Waals surface area contributed by atoms with Crippen LogP contribution in [0.4, 0.5) is 5.69 Å². The summed E-state index contributed by atoms with van der Waals surface area (Å²) < 4.78 is 25.9. The minimum atomic E-state index is -3.75. The van der Waals surface area contributed by atoms with Crippen LogP contribution in [0.3, 0.4) is 0 Å². The van der Waals surface area contributed by atoms with Gasteiger partial charge in [-0.05, 0) is 25.1 Å². The van der Waals surface area contributed by atoms with Crippen molar-refractivity contribution >= 4 is 27.3 Å². The number of nitrogen functional groups attached to an aromatic ring is 1. The summed E-state index contributed by atoms with van der Waals surface area (Å²) in [6.07, 6.45) is 0. The third-order valence-electron chi connectivity index (χ3n) is 1.87. The molecule has 0 aliphatic carbocycles. The number of hydrogen-bond donors (Lipinski definition) is 3. The largest absolute Gasteiger partial charge is 0.399 e. The maximum atomic E-state index is 11.8. The predicted molar refractivity (Wildman–Crippen MR) is 62.7 cm³/mol. The second-order valence-electron chi connectivity index (χ2n) is 3.39. The summed E-state index contributed by atoms with van der Waals surface area (Å²) in [6, 6.07) is 3.61. The van der Waals surface area contributed by atoms with Gasteiger partial charge in [0.2, 0.25) is 10.0 Å². The normalized spacial score (nSPS) is 13.7. The molecule has 1 rings (SSSR count). The monoisotopic (exact) mass is 264 g/mol. The van der Waals surface area contributed by atoms with E-state index in [-0.39, 0.29) is 16.5 Å². The van der Waals surface area contributed by atoms with Crippen LogP contribution in [0.5, 0.6) is 0 Å². The van der Waals surface area contributed by atoms with Crippen LogP contribution >= 0.6 is 11.6 Å². The van der Waals surface area contributed by atoms with Gasteiger partial charge in [0.05, 0.1) is 11.6 Å². The molecule has 90 valence electrons. The maximum Gasteiger partial charge on any atom is 0.242 e. The molecule has 0 heterocycles. The molecule has 5 nitrogen and oxygen atoms in total. The van der Waals surface area contributed by atoms with Gasteiger partial charge >= 0.3 is 0 Å². The fraction of sp³-hybridized carbons (Fsp3) is 0.333. The zero-order valence-electron chi connectivity index (χ0n) is 8.64. The van der Waals surface area contributed by atoms with Gasteiger partial charge in [-0.25, -0.2) is 13.1 Å². The average Bonchev–Trinajstić information content (AvgIpc) is 2.20. The highest BCUT2D eigenvalue weighted by atomic mass is 35.5. The molecule has 0 aromatic heterocycles. The molecule has 4 N–H and O–H groups in total. The molecule has 0 bridgehead atoms. The van der Waals surface area contributed by atoms with E-state index in [1.54, 1.807) is 0 Å². The Morgan fingerprint density at radius 2 is 2.19 bits per heavy atom. The third-order valence-corrected chi connectivity index (χ3v) is 3.95. The molecule has 0 spiro atoms. The Balaban J connectivity index is 3.12. The van der Waals surface area contributed by atoms with Crippen LogP contribution in [0.2, 0.25) is 5.02 Å². The van der Waals surface area contributed by atoms with Gasteiger partial charge < -0.3 is 10.8 Å². The Bertz CT molecular complexity index is 476. The first kappa shape index (κ1) is 13.2. The zero-order valence-corrected chi connectivity index (χ0v) is 10.2. The molecule has 0 aliphatic heterocycles. The van der Waals surface area contributed by atoms with Crippen molar-refractivity contribution in [3.63, 3.8) is 0 Å². The topological polar surface area (TPSA) is 92.4 Å². The van der Waals surface area contributed by atoms with Gasteiger partial charge in [-0.15, -0.1) is 0 Å². The fourth-order valence-corrected chi connectivity index (χ4v) is 2.86. The van der Waals surface area contributed by atoms with Crippen molar-refractivity contribution in [1.82, 2.24) is 4.72 Å². The first-order chi connectivity index (χ1) is 7.36. The van der Waals surface area contributed by atoms with Crippen LogP contribution in [-0.4, -0.2) is 26.2 Å². The molecule has 1 atom stereocenters. The molecule has 7 heteroatoms. The van der Waals surface area contributed by atoms with Gasteiger partial charge in [-0.1, -0.05) is 11.6 Å². The number of anilines is 1. The molecular weight excluding hydrogens is 252 g/mol. The summed E-state index contributed by atoms with van der Waals surface area (Å²) in [5.74, 6) is 0. The van der Waals surface area contributed by atoms with Crippen molar-refractivity contribution in [2.24, 2.45) is 0 Å². The van der Waals surface area contributed by atoms with Gasteiger partial charge in [-0.2, -0.15) is 0 Å². The highest BCUT2D eigenvalue weighted by Gasteiger charge is 2.20. The number of aliphatic hydroxyl groups is 1. The SMILES string of the molecule is C[C@@H](CO)NS(=O)(=O)c1cc(N)ccc1Cl. The third kappa shape index (κ3) is 3.08. The lowest BCUT2D eigenvalue weighted by Crippen LogP contribution is -2.35. The van der Waals surface area contributed by atoms with Crippen LogP contribution in [-0.2, 0) is 10.0 Å². The van der Waals surface area contributed by atoms with Crippen LogP contribution in [0, 0.1) is 0 Å². The smallest absolute Gasteiger partial charge is 0.242 e. The van der Waals surface area contributed by atoms with Crippen molar-refractivity contribution in [2.75, 3.05) is 12.3 Å². The summed E-state index contributed by atoms with van der Waals surface area (Å²) in [4.78, 5) is -0.0885. The summed E-state index contributed by atoms with van der Waals surface area (Å²) in [6.45, 7) is 1.25. The number of sulfonamides is 1. The van der Waals surface area contributed by atoms with Crippen molar-refractivity contribution in [3.8, 4) is 0 Å². The van der Waals surface area contributed by atoms with Gasteiger partial charge in [-0.3, -0.25) is 0 Å². The Morgan fingerprint density at radius 1 is 1.56 bits per heavy atom. The van der Waals surface area contributed by atoms with E-state index in [0.29, 0.717) is 5.69 Å². The van der Waals surface area contributed by atoms with Crippen LogP contribution in [0.25, 0.3) is 0 Å². The summed E-state index contributed by atoms with van der Waals surface area (Å²) in [5.41, 5.74) is 5.79. The highest BCUT2D eigenvalue weighted by molar-refractivity contribution is 7.89. The molecule has 1 aromatic carbocycles. The number of benzene rings is 1. The summed E-state index contributed by atoms with van der Waals surface area (Å²) in [5, 5.41) is 8.87. The predicted octanol–water partition coefficient (Wildman–Crippen LogP) is 0.581. The molecule has 0 amide bonds. The Morgan fingerprint density at radius 3 is 2.75 bits per heavy atom. The molecule has 0 unspecified atom stereocenters. The van der Waals surface area contributed by atoms with Gasteiger partial charge in [0, 0.05) is 11.7 Å². The van der Waals surface area contributed by atoms with Gasteiger partial charge in [0.1, 0.15) is 4.90 Å². The first-order valence-corrected chi connectivity index (χ1v) is 6.41. The summed E-state index contributed by atoms with van der Waals surface area (Å²) >= 11 is 5.77. The number of nitrogens with two attached hydrogens (primary N) is 1. The molecule has 0 fully saturated rings. The van der Waals surface area contributed by atoms with Gasteiger partial charge in [0.15, 0.2) is 0 Å². The maximum absolute atomic E-state index is 11.8. The standard InChI is InChI=1S/C9H13ClN2O3S/c1-6(5-13)12-16(14,15)9-4-7(11)2-3-8(9)10/h2-4,6,12-13H,5,11H2,1H3/t6-/m0/s1. The lowest BCUT2D eigenvalue weighted by atomic mass is 10.3. The average molecular weight is 265 g/mol. The second-order valence-corrected chi connectivity index (χ2v) is 5.48. The van der Waals surface area contributed by atoms with E-state index in [9.17, 15) is 8.42 Å². The van der Waals surface area contributed by atoms with E-state index < -0.39 is 16.1 Å². The van der Waals surface area contributed by atoms with Crippen LogP contribution in [0.15, 0.2) is 23.1 Å². The number of nitrogens with one attached hydrogen (secondary N) is 1. The van der Waals surface area contributed by atoms with Crippen LogP contribution < -0.4 is 10.5 Å². The lowest BCUT2D eigenvalue weighted by molar-refractivity contribution is 0.265. The number of rotatable bonds is 4. The van der Waals surface area contributed by atoms with Crippen molar-refractivity contribution in [1.29, 1.82) is 0 Å². The minimum absolute atomic E-state index is 0.0885. The van der Waals surface area contributed by atoms with Crippen molar-refractivity contribution < 1.29 is 13.5 Å². The molecule has 0 radical (unpaired) electrons. The Kier molecular flexibility index (Phi) is 4.15. The zero-order chi connectivity index (χ0) is 12.3. The molecule has 0 aliphatic rings. The van der Waals surface area contributed by atoms with E-state index in [4.69, 9.17) is 22.4 Å². The highest BCUT2D eigenvalue weighted by Crippen LogP contribution is 2.23.